The van der Waals surface area contributed by atoms with Crippen LogP contribution in [0.3, 0.4) is 0 Å². The number of rotatable bonds is 6. The predicted molar refractivity (Wildman–Crippen MR) is 78.3 cm³/mol. The lowest BCUT2D eigenvalue weighted by atomic mass is 10.0. The lowest BCUT2D eigenvalue weighted by Crippen LogP contribution is -2.45. The maximum absolute atomic E-state index is 11.9. The van der Waals surface area contributed by atoms with Crippen molar-refractivity contribution in [3.63, 3.8) is 0 Å². The Morgan fingerprint density at radius 3 is 2.30 bits per heavy atom. The molecule has 1 aromatic rings. The molecule has 20 heavy (non-hydrogen) atoms. The number of amides is 1. The summed E-state index contributed by atoms with van der Waals surface area (Å²) >= 11 is 0. The van der Waals surface area contributed by atoms with Crippen molar-refractivity contribution in [3.05, 3.63) is 35.4 Å². The Bertz CT molecular complexity index is 451. The number of esters is 1. The average Bonchev–Trinajstić information content (AvgIpc) is 2.43. The minimum absolute atomic E-state index is 0.00535. The highest BCUT2D eigenvalue weighted by atomic mass is 16.5. The molecule has 0 radical (unpaired) electrons. The van der Waals surface area contributed by atoms with Gasteiger partial charge in [0.1, 0.15) is 6.04 Å². The summed E-state index contributed by atoms with van der Waals surface area (Å²) in [5.41, 5.74) is 2.31. The van der Waals surface area contributed by atoms with Crippen LogP contribution in [0.25, 0.3) is 0 Å². The zero-order valence-corrected chi connectivity index (χ0v) is 12.6. The summed E-state index contributed by atoms with van der Waals surface area (Å²) in [6, 6.07) is 7.51. The molecule has 0 spiro atoms. The molecular formula is C16H23NO3. The Hall–Kier alpha value is -1.84. The van der Waals surface area contributed by atoms with E-state index >= 15 is 0 Å². The maximum Gasteiger partial charge on any atom is 0.328 e. The molecule has 4 heteroatoms. The van der Waals surface area contributed by atoms with Crippen molar-refractivity contribution >= 4 is 11.9 Å². The summed E-state index contributed by atoms with van der Waals surface area (Å²) in [5, 5.41) is 2.74. The van der Waals surface area contributed by atoms with Crippen LogP contribution in [0.5, 0.6) is 0 Å². The molecule has 1 N–H and O–H groups in total. The Morgan fingerprint density at radius 1 is 1.20 bits per heavy atom. The molecule has 0 heterocycles. The monoisotopic (exact) mass is 277 g/mol. The molecule has 4 nitrogen and oxygen atoms in total. The van der Waals surface area contributed by atoms with Crippen LogP contribution in [0.4, 0.5) is 0 Å². The maximum atomic E-state index is 11.9. The van der Waals surface area contributed by atoms with Crippen molar-refractivity contribution in [2.45, 2.75) is 39.7 Å². The van der Waals surface area contributed by atoms with Crippen molar-refractivity contribution in [2.24, 2.45) is 5.92 Å². The Labute approximate surface area is 120 Å². The summed E-state index contributed by atoms with van der Waals surface area (Å²) in [6.07, 6.45) is 1.03. The van der Waals surface area contributed by atoms with Gasteiger partial charge >= 0.3 is 5.97 Å². The summed E-state index contributed by atoms with van der Waals surface area (Å²) in [7, 11) is 1.33. The molecule has 1 rings (SSSR count). The standard InChI is InChI=1S/C16H23NO3/c1-11(2)15(16(19)20-4)17-14(18)10-9-13-7-5-12(3)6-8-13/h5-8,11,15H,9-10H2,1-4H3,(H,17,18)/t15-/m0/s1. The van der Waals surface area contributed by atoms with Crippen LogP contribution in [0, 0.1) is 12.8 Å². The van der Waals surface area contributed by atoms with Crippen molar-refractivity contribution in [1.82, 2.24) is 5.32 Å². The zero-order valence-electron chi connectivity index (χ0n) is 12.6. The van der Waals surface area contributed by atoms with E-state index in [1.807, 2.05) is 45.0 Å². The number of aryl methyl sites for hydroxylation is 2. The first-order valence-corrected chi connectivity index (χ1v) is 6.86. The Morgan fingerprint density at radius 2 is 1.80 bits per heavy atom. The molecule has 0 aliphatic rings. The molecule has 1 amide bonds. The fraction of sp³-hybridized carbons (Fsp3) is 0.500. The van der Waals surface area contributed by atoms with Gasteiger partial charge in [-0.15, -0.1) is 0 Å². The molecule has 0 aliphatic heterocycles. The normalized spacial score (nSPS) is 12.1. The van der Waals surface area contributed by atoms with Crippen LogP contribution in [0.15, 0.2) is 24.3 Å². The number of ether oxygens (including phenoxy) is 1. The average molecular weight is 277 g/mol. The summed E-state index contributed by atoms with van der Waals surface area (Å²) in [6.45, 7) is 5.78. The fourth-order valence-corrected chi connectivity index (χ4v) is 1.88. The highest BCUT2D eigenvalue weighted by Crippen LogP contribution is 2.07. The topological polar surface area (TPSA) is 55.4 Å². The number of benzene rings is 1. The molecule has 0 aromatic heterocycles. The van der Waals surface area contributed by atoms with Gasteiger partial charge in [0.15, 0.2) is 0 Å². The van der Waals surface area contributed by atoms with Crippen LogP contribution in [-0.4, -0.2) is 25.0 Å². The number of methoxy groups -OCH3 is 1. The van der Waals surface area contributed by atoms with E-state index in [0.717, 1.165) is 5.56 Å². The van der Waals surface area contributed by atoms with Crippen molar-refractivity contribution < 1.29 is 14.3 Å². The van der Waals surface area contributed by atoms with Crippen molar-refractivity contribution in [1.29, 1.82) is 0 Å². The first-order valence-electron chi connectivity index (χ1n) is 6.86. The third-order valence-electron chi connectivity index (χ3n) is 3.20. The summed E-state index contributed by atoms with van der Waals surface area (Å²) < 4.78 is 4.70. The van der Waals surface area contributed by atoms with Gasteiger partial charge in [-0.2, -0.15) is 0 Å². The lowest BCUT2D eigenvalue weighted by Gasteiger charge is -2.19. The molecule has 0 aliphatic carbocycles. The number of hydrogen-bond donors (Lipinski definition) is 1. The van der Waals surface area contributed by atoms with Gasteiger partial charge in [-0.25, -0.2) is 4.79 Å². The van der Waals surface area contributed by atoms with Crippen LogP contribution in [0.1, 0.15) is 31.4 Å². The van der Waals surface area contributed by atoms with Gasteiger partial charge in [0, 0.05) is 6.42 Å². The van der Waals surface area contributed by atoms with Crippen LogP contribution >= 0.6 is 0 Å². The minimum atomic E-state index is -0.578. The molecule has 110 valence electrons. The first kappa shape index (κ1) is 16.2. The molecule has 1 aromatic carbocycles. The highest BCUT2D eigenvalue weighted by Gasteiger charge is 2.24. The second kappa shape index (κ2) is 7.68. The zero-order chi connectivity index (χ0) is 15.1. The van der Waals surface area contributed by atoms with E-state index in [1.165, 1.54) is 12.7 Å². The van der Waals surface area contributed by atoms with E-state index < -0.39 is 12.0 Å². The van der Waals surface area contributed by atoms with Gasteiger partial charge in [-0.1, -0.05) is 43.7 Å². The third kappa shape index (κ3) is 5.03. The molecule has 0 saturated heterocycles. The van der Waals surface area contributed by atoms with Crippen LogP contribution < -0.4 is 5.32 Å². The van der Waals surface area contributed by atoms with Gasteiger partial charge < -0.3 is 10.1 Å². The molecule has 0 fully saturated rings. The predicted octanol–water partition coefficient (Wildman–Crippen LogP) is 2.24. The van der Waals surface area contributed by atoms with Gasteiger partial charge in [0.05, 0.1) is 7.11 Å². The van der Waals surface area contributed by atoms with E-state index in [-0.39, 0.29) is 11.8 Å². The van der Waals surface area contributed by atoms with Crippen LogP contribution in [-0.2, 0) is 20.7 Å². The summed E-state index contributed by atoms with van der Waals surface area (Å²) in [5.74, 6) is -0.524. The van der Waals surface area contributed by atoms with Gasteiger partial charge in [-0.3, -0.25) is 4.79 Å². The Balaban J connectivity index is 2.49. The van der Waals surface area contributed by atoms with E-state index in [0.29, 0.717) is 12.8 Å². The van der Waals surface area contributed by atoms with E-state index in [9.17, 15) is 9.59 Å². The molecule has 1 atom stereocenters. The van der Waals surface area contributed by atoms with Gasteiger partial charge in [-0.05, 0) is 24.8 Å². The van der Waals surface area contributed by atoms with E-state index in [4.69, 9.17) is 4.74 Å². The third-order valence-corrected chi connectivity index (χ3v) is 3.20. The van der Waals surface area contributed by atoms with E-state index in [2.05, 4.69) is 5.32 Å². The van der Waals surface area contributed by atoms with Crippen molar-refractivity contribution in [3.8, 4) is 0 Å². The van der Waals surface area contributed by atoms with Crippen molar-refractivity contribution in [2.75, 3.05) is 7.11 Å². The first-order chi connectivity index (χ1) is 9.43. The molecule has 0 bridgehead atoms. The molecule has 0 unspecified atom stereocenters. The second-order valence-electron chi connectivity index (χ2n) is 5.30. The van der Waals surface area contributed by atoms with E-state index in [1.54, 1.807) is 0 Å². The lowest BCUT2D eigenvalue weighted by molar-refractivity contribution is -0.146. The van der Waals surface area contributed by atoms with Crippen LogP contribution in [0.2, 0.25) is 0 Å². The SMILES string of the molecule is COC(=O)[C@@H](NC(=O)CCc1ccc(C)cc1)C(C)C. The largest absolute Gasteiger partial charge is 0.467 e. The number of nitrogens with one attached hydrogen (secondary N) is 1. The number of carbonyl (C=O) groups excluding carboxylic acids is 2. The minimum Gasteiger partial charge on any atom is -0.467 e. The fourth-order valence-electron chi connectivity index (χ4n) is 1.88. The number of hydrogen-bond acceptors (Lipinski definition) is 3. The highest BCUT2D eigenvalue weighted by molar-refractivity contribution is 5.84. The molecule has 0 saturated carbocycles. The van der Waals surface area contributed by atoms with Gasteiger partial charge in [0.25, 0.3) is 0 Å². The summed E-state index contributed by atoms with van der Waals surface area (Å²) in [4.78, 5) is 23.5. The smallest absolute Gasteiger partial charge is 0.328 e. The molecular weight excluding hydrogens is 254 g/mol. The number of carbonyl (C=O) groups is 2. The van der Waals surface area contributed by atoms with Gasteiger partial charge in [0.2, 0.25) is 5.91 Å². The quantitative estimate of drug-likeness (QED) is 0.811. The second-order valence-corrected chi connectivity index (χ2v) is 5.30. The Kier molecular flexibility index (Phi) is 6.22.